The zero-order valence-electron chi connectivity index (χ0n) is 9.09. The Morgan fingerprint density at radius 3 is 2.29 bits per heavy atom. The summed E-state index contributed by atoms with van der Waals surface area (Å²) in [5.41, 5.74) is 2.31. The third-order valence-electron chi connectivity index (χ3n) is 1.89. The van der Waals surface area contributed by atoms with Gasteiger partial charge in [-0.1, -0.05) is 26.2 Å². The minimum absolute atomic E-state index is 0. The summed E-state index contributed by atoms with van der Waals surface area (Å²) in [4.78, 5) is 4.02. The molecule has 1 nitrogen and oxygen atoms in total. The maximum absolute atomic E-state index is 4.02. The zero-order valence-corrected chi connectivity index (χ0v) is 12.0. The monoisotopic (exact) mass is 357 g/mol. The predicted octanol–water partition coefficient (Wildman–Crippen LogP) is 3.38. The summed E-state index contributed by atoms with van der Waals surface area (Å²) in [6, 6.07) is 9.17. The molecule has 0 aromatic heterocycles. The van der Waals surface area contributed by atoms with Gasteiger partial charge in [0.15, 0.2) is 0 Å². The van der Waals surface area contributed by atoms with Gasteiger partial charge in [0.1, 0.15) is 0 Å². The number of aliphatic imine (C=N–C) groups is 1. The molecule has 0 radical (unpaired) electrons. The summed E-state index contributed by atoms with van der Waals surface area (Å²) < 4.78 is 0. The Balaban J connectivity index is 0.00000169. The second-order valence-electron chi connectivity index (χ2n) is 4.05. The van der Waals surface area contributed by atoms with E-state index < -0.39 is 0 Å². The van der Waals surface area contributed by atoms with Gasteiger partial charge in [0.2, 0.25) is 0 Å². The van der Waals surface area contributed by atoms with Crippen molar-refractivity contribution in [2.45, 2.75) is 33.1 Å². The Bertz CT molecular complexity index is 293. The van der Waals surface area contributed by atoms with E-state index in [1.807, 2.05) is 12.1 Å². The molecule has 2 heteroatoms. The van der Waals surface area contributed by atoms with Gasteiger partial charge in [-0.15, -0.1) is 6.92 Å². The average Bonchev–Trinajstić information content (AvgIpc) is 2.04. The zero-order chi connectivity index (χ0) is 9.90. The Morgan fingerprint density at radius 2 is 1.93 bits per heavy atom. The summed E-state index contributed by atoms with van der Waals surface area (Å²) in [6.07, 6.45) is 2.74. The van der Waals surface area contributed by atoms with Crippen molar-refractivity contribution in [3.05, 3.63) is 29.8 Å². The van der Waals surface area contributed by atoms with Crippen LogP contribution >= 0.6 is 0 Å². The van der Waals surface area contributed by atoms with Gasteiger partial charge in [-0.2, -0.15) is 23.9 Å². The minimum atomic E-state index is 0. The molecule has 0 spiro atoms. The van der Waals surface area contributed by atoms with Crippen LogP contribution in [0.15, 0.2) is 23.2 Å². The van der Waals surface area contributed by atoms with Crippen LogP contribution in [0.4, 0.5) is 5.69 Å². The summed E-state index contributed by atoms with van der Waals surface area (Å²) in [7, 11) is 0. The number of hydrogen-bond acceptors (Lipinski definition) is 1. The summed E-state index contributed by atoms with van der Waals surface area (Å²) in [6.45, 7) is 8.34. The van der Waals surface area contributed by atoms with Crippen LogP contribution in [-0.2, 0) is 26.5 Å². The van der Waals surface area contributed by atoms with Gasteiger partial charge in [0.05, 0.1) is 0 Å². The van der Waals surface area contributed by atoms with Gasteiger partial charge >= 0.3 is 21.1 Å². The molecule has 0 aliphatic heterocycles. The molecule has 1 aromatic rings. The molecule has 0 amide bonds. The number of nitrogens with zero attached hydrogens (tertiary/aromatic N) is 1. The van der Waals surface area contributed by atoms with E-state index in [9.17, 15) is 0 Å². The van der Waals surface area contributed by atoms with Gasteiger partial charge in [0.25, 0.3) is 0 Å². The summed E-state index contributed by atoms with van der Waals surface area (Å²) >= 11 is 0. The molecule has 0 bridgehead atoms. The molecule has 14 heavy (non-hydrogen) atoms. The van der Waals surface area contributed by atoms with Crippen LogP contribution in [0.3, 0.4) is 0 Å². The van der Waals surface area contributed by atoms with Crippen molar-refractivity contribution in [2.24, 2.45) is 4.99 Å². The number of rotatable bonds is 1. The maximum Gasteiger partial charge on any atom is 2.00 e. The van der Waals surface area contributed by atoms with Crippen LogP contribution in [0.1, 0.15) is 33.3 Å². The van der Waals surface area contributed by atoms with Crippen LogP contribution in [0.2, 0.25) is 0 Å². The third-order valence-corrected chi connectivity index (χ3v) is 1.89. The quantitative estimate of drug-likeness (QED) is 0.540. The SMILES string of the molecule is C[C-]=Nc1[c-]cc(C(C)(C)C)cc1.[W+2]. The first-order valence-corrected chi connectivity index (χ1v) is 4.44. The van der Waals surface area contributed by atoms with E-state index in [2.05, 4.69) is 44.1 Å². The van der Waals surface area contributed by atoms with E-state index in [-0.39, 0.29) is 26.5 Å². The Morgan fingerprint density at radius 1 is 1.29 bits per heavy atom. The van der Waals surface area contributed by atoms with Gasteiger partial charge in [-0.25, -0.2) is 11.8 Å². The van der Waals surface area contributed by atoms with E-state index in [1.54, 1.807) is 6.92 Å². The summed E-state index contributed by atoms with van der Waals surface area (Å²) in [5, 5.41) is 0. The number of hydrogen-bond donors (Lipinski definition) is 0. The van der Waals surface area contributed by atoms with Crippen molar-refractivity contribution < 1.29 is 21.1 Å². The fraction of sp³-hybridized carbons (Fsp3) is 0.417. The standard InChI is InChI=1S/C12H15N.W/c1-5-13-11-8-6-10(7-9-11)12(2,3)4;/h6-8H,1-4H3;/q-2;+2. The topological polar surface area (TPSA) is 12.4 Å². The van der Waals surface area contributed by atoms with Gasteiger partial charge in [-0.3, -0.25) is 6.07 Å². The smallest absolute Gasteiger partial charge is 0.482 e. The summed E-state index contributed by atoms with van der Waals surface area (Å²) in [5.74, 6) is 0. The van der Waals surface area contributed by atoms with Crippen LogP contribution in [0.25, 0.3) is 0 Å². The first kappa shape index (κ1) is 13.6. The normalized spacial score (nSPS) is 11.4. The Hall–Kier alpha value is -0.422. The van der Waals surface area contributed by atoms with Gasteiger partial charge in [-0.05, 0) is 0 Å². The van der Waals surface area contributed by atoms with Crippen LogP contribution in [0, 0.1) is 6.07 Å². The van der Waals surface area contributed by atoms with E-state index in [4.69, 9.17) is 0 Å². The molecule has 0 fully saturated rings. The minimum Gasteiger partial charge on any atom is -0.482 e. The predicted molar refractivity (Wildman–Crippen MR) is 56.7 cm³/mol. The van der Waals surface area contributed by atoms with Crippen molar-refractivity contribution in [1.29, 1.82) is 0 Å². The molecule has 1 rings (SSSR count). The molecular weight excluding hydrogens is 342 g/mol. The van der Waals surface area contributed by atoms with Crippen molar-refractivity contribution >= 4 is 11.9 Å². The van der Waals surface area contributed by atoms with Gasteiger partial charge in [0, 0.05) is 0 Å². The van der Waals surface area contributed by atoms with E-state index in [0.29, 0.717) is 0 Å². The Kier molecular flexibility index (Phi) is 5.29. The molecule has 0 aliphatic carbocycles. The van der Waals surface area contributed by atoms with Crippen molar-refractivity contribution in [2.75, 3.05) is 0 Å². The number of benzene rings is 1. The van der Waals surface area contributed by atoms with Crippen molar-refractivity contribution in [3.63, 3.8) is 0 Å². The molecule has 0 saturated carbocycles. The molecule has 0 aliphatic rings. The third kappa shape index (κ3) is 3.75. The largest absolute Gasteiger partial charge is 2.00 e. The second-order valence-corrected chi connectivity index (χ2v) is 4.05. The molecule has 0 saturated heterocycles. The first-order chi connectivity index (χ1) is 6.04. The van der Waals surface area contributed by atoms with E-state index >= 15 is 0 Å². The van der Waals surface area contributed by atoms with Crippen molar-refractivity contribution in [1.82, 2.24) is 0 Å². The van der Waals surface area contributed by atoms with E-state index in [0.717, 1.165) is 5.69 Å². The molecule has 1 aromatic carbocycles. The second kappa shape index (κ2) is 5.46. The first-order valence-electron chi connectivity index (χ1n) is 4.44. The fourth-order valence-corrected chi connectivity index (χ4v) is 1.07. The van der Waals surface area contributed by atoms with Crippen LogP contribution in [-0.4, -0.2) is 6.21 Å². The van der Waals surface area contributed by atoms with Crippen molar-refractivity contribution in [3.8, 4) is 0 Å². The Labute approximate surface area is 101 Å². The molecule has 0 heterocycles. The molecule has 74 valence electrons. The molecule has 0 N–H and O–H groups in total. The maximum atomic E-state index is 4.02. The van der Waals surface area contributed by atoms with Gasteiger partial charge < -0.3 is 4.99 Å². The molecule has 0 unspecified atom stereocenters. The van der Waals surface area contributed by atoms with Crippen LogP contribution in [0.5, 0.6) is 0 Å². The fourth-order valence-electron chi connectivity index (χ4n) is 1.07. The van der Waals surface area contributed by atoms with Crippen LogP contribution < -0.4 is 0 Å². The van der Waals surface area contributed by atoms with E-state index in [1.165, 1.54) is 5.56 Å². The molecular formula is C12H15NW. The average molecular weight is 357 g/mol. The molecule has 0 atom stereocenters.